The summed E-state index contributed by atoms with van der Waals surface area (Å²) in [6.45, 7) is 1.79. The van der Waals surface area contributed by atoms with Crippen molar-refractivity contribution in [3.05, 3.63) is 21.9 Å². The fourth-order valence-corrected chi connectivity index (χ4v) is 2.49. The smallest absolute Gasteiger partial charge is 0.358 e. The number of aliphatic hydroxyl groups is 1. The summed E-state index contributed by atoms with van der Waals surface area (Å²) in [5.74, 6) is -2.16. The van der Waals surface area contributed by atoms with Gasteiger partial charge in [0.1, 0.15) is 11.9 Å². The van der Waals surface area contributed by atoms with Crippen LogP contribution in [0.2, 0.25) is 0 Å². The van der Waals surface area contributed by atoms with E-state index in [2.05, 4.69) is 4.98 Å². The summed E-state index contributed by atoms with van der Waals surface area (Å²) < 4.78 is 6.85. The van der Waals surface area contributed by atoms with Gasteiger partial charge in [-0.15, -0.1) is 0 Å². The Labute approximate surface area is 120 Å². The number of rotatable bonds is 4. The number of aliphatic hydroxyl groups excluding tert-OH is 1. The molecule has 0 aromatic carbocycles. The average molecular weight is 298 g/mol. The number of carbonyl (C=O) groups is 1. The van der Waals surface area contributed by atoms with Gasteiger partial charge < -0.3 is 20.1 Å². The minimum Gasteiger partial charge on any atom is -0.501 e. The van der Waals surface area contributed by atoms with E-state index < -0.39 is 29.1 Å². The highest BCUT2D eigenvalue weighted by Gasteiger charge is 2.29. The zero-order chi connectivity index (χ0) is 15.6. The lowest BCUT2D eigenvalue weighted by Crippen LogP contribution is -2.33. The predicted octanol–water partition coefficient (Wildman–Crippen LogP) is 0.269. The molecule has 8 nitrogen and oxygen atoms in total. The van der Waals surface area contributed by atoms with Crippen LogP contribution in [-0.2, 0) is 11.3 Å². The van der Waals surface area contributed by atoms with E-state index in [0.29, 0.717) is 12.8 Å². The molecule has 0 amide bonds. The number of hydrogen-bond donors (Lipinski definition) is 3. The number of hydrogen-bond acceptors (Lipinski definition) is 6. The van der Waals surface area contributed by atoms with Gasteiger partial charge in [0.05, 0.1) is 12.7 Å². The van der Waals surface area contributed by atoms with Crippen LogP contribution in [0.5, 0.6) is 5.75 Å². The minimum absolute atomic E-state index is 0.142. The number of carboxylic acid groups (broad SMARTS) is 1. The first-order chi connectivity index (χ1) is 9.99. The lowest BCUT2D eigenvalue weighted by atomic mass is 10.0. The van der Waals surface area contributed by atoms with Crippen molar-refractivity contribution in [2.75, 3.05) is 6.61 Å². The molecule has 0 radical (unpaired) electrons. The highest BCUT2D eigenvalue weighted by molar-refractivity contribution is 5.88. The third kappa shape index (κ3) is 2.91. The Hall–Kier alpha value is -1.93. The van der Waals surface area contributed by atoms with Crippen LogP contribution < -0.4 is 5.56 Å². The number of nitrogens with zero attached hydrogens (tertiary/aromatic N) is 2. The van der Waals surface area contributed by atoms with Crippen molar-refractivity contribution in [1.29, 1.82) is 0 Å². The lowest BCUT2D eigenvalue weighted by Gasteiger charge is -2.29. The van der Waals surface area contributed by atoms with Gasteiger partial charge in [-0.05, 0) is 26.2 Å². The molecular formula is C13H18N2O6. The lowest BCUT2D eigenvalue weighted by molar-refractivity contribution is -0.0790. The van der Waals surface area contributed by atoms with Crippen LogP contribution in [0.1, 0.15) is 48.6 Å². The molecule has 2 rings (SSSR count). The number of aromatic carboxylic acids is 1. The van der Waals surface area contributed by atoms with E-state index >= 15 is 0 Å². The van der Waals surface area contributed by atoms with Crippen molar-refractivity contribution in [3.63, 3.8) is 0 Å². The molecular weight excluding hydrogens is 280 g/mol. The molecule has 2 heterocycles. The van der Waals surface area contributed by atoms with Crippen molar-refractivity contribution >= 4 is 5.97 Å². The molecule has 116 valence electrons. The van der Waals surface area contributed by atoms with E-state index in [1.807, 2.05) is 0 Å². The Morgan fingerprint density at radius 2 is 2.19 bits per heavy atom. The molecule has 1 aliphatic heterocycles. The van der Waals surface area contributed by atoms with Crippen molar-refractivity contribution in [3.8, 4) is 5.75 Å². The zero-order valence-corrected chi connectivity index (χ0v) is 11.7. The molecule has 0 unspecified atom stereocenters. The average Bonchev–Trinajstić information content (AvgIpc) is 2.49. The normalized spacial score (nSPS) is 22.2. The molecule has 1 saturated heterocycles. The summed E-state index contributed by atoms with van der Waals surface area (Å²) >= 11 is 0. The van der Waals surface area contributed by atoms with Gasteiger partial charge in [0.15, 0.2) is 5.69 Å². The van der Waals surface area contributed by atoms with Crippen LogP contribution in [0.25, 0.3) is 0 Å². The van der Waals surface area contributed by atoms with Gasteiger partial charge in [0.2, 0.25) is 5.75 Å². The van der Waals surface area contributed by atoms with E-state index in [1.165, 1.54) is 4.57 Å². The highest BCUT2D eigenvalue weighted by atomic mass is 16.5. The topological polar surface area (TPSA) is 122 Å². The van der Waals surface area contributed by atoms with E-state index in [9.17, 15) is 19.8 Å². The predicted molar refractivity (Wildman–Crippen MR) is 71.3 cm³/mol. The fourth-order valence-electron chi connectivity index (χ4n) is 2.49. The third-order valence-corrected chi connectivity index (χ3v) is 3.53. The van der Waals surface area contributed by atoms with E-state index in [4.69, 9.17) is 9.84 Å². The second-order valence-corrected chi connectivity index (χ2v) is 4.88. The van der Waals surface area contributed by atoms with Crippen molar-refractivity contribution in [2.24, 2.45) is 0 Å². The summed E-state index contributed by atoms with van der Waals surface area (Å²) in [6.07, 6.45) is 1.13. The molecule has 8 heteroatoms. The maximum atomic E-state index is 12.0. The maximum Gasteiger partial charge on any atom is 0.358 e. The number of aromatic nitrogens is 2. The largest absolute Gasteiger partial charge is 0.501 e. The molecule has 1 aromatic heterocycles. The molecule has 0 bridgehead atoms. The van der Waals surface area contributed by atoms with Crippen LogP contribution in [0.15, 0.2) is 4.79 Å². The number of aromatic hydroxyl groups is 1. The van der Waals surface area contributed by atoms with Crippen LogP contribution in [0.4, 0.5) is 0 Å². The first-order valence-electron chi connectivity index (χ1n) is 6.82. The van der Waals surface area contributed by atoms with Crippen molar-refractivity contribution in [2.45, 2.75) is 44.9 Å². The second-order valence-electron chi connectivity index (χ2n) is 4.88. The molecule has 1 fully saturated rings. The zero-order valence-electron chi connectivity index (χ0n) is 11.7. The molecule has 0 spiro atoms. The Kier molecular flexibility index (Phi) is 4.59. The summed E-state index contributed by atoms with van der Waals surface area (Å²) in [5.41, 5.74) is -1.47. The SMILES string of the molecule is CCn1c([C@@H]2CCC[C@@H](CO)O2)nc(C(=O)O)c(O)c1=O. The van der Waals surface area contributed by atoms with Gasteiger partial charge in [-0.2, -0.15) is 0 Å². The van der Waals surface area contributed by atoms with Gasteiger partial charge in [-0.3, -0.25) is 9.36 Å². The summed E-state index contributed by atoms with van der Waals surface area (Å²) in [7, 11) is 0. The quantitative estimate of drug-likeness (QED) is 0.729. The second kappa shape index (κ2) is 6.23. The summed E-state index contributed by atoms with van der Waals surface area (Å²) in [5, 5.41) is 27.8. The number of ether oxygens (including phenoxy) is 1. The molecule has 3 N–H and O–H groups in total. The maximum absolute atomic E-state index is 12.0. The van der Waals surface area contributed by atoms with Crippen molar-refractivity contribution in [1.82, 2.24) is 9.55 Å². The standard InChI is InChI=1S/C13H18N2O6/c1-2-15-11(8-5-3-4-7(6-16)21-8)14-9(13(19)20)10(17)12(15)18/h7-8,16-17H,2-6H2,1H3,(H,19,20)/t7-,8-/m0/s1. The molecule has 0 aliphatic carbocycles. The molecule has 2 atom stereocenters. The van der Waals surface area contributed by atoms with E-state index in [1.54, 1.807) is 6.92 Å². The first-order valence-corrected chi connectivity index (χ1v) is 6.82. The van der Waals surface area contributed by atoms with Crippen LogP contribution in [0.3, 0.4) is 0 Å². The van der Waals surface area contributed by atoms with E-state index in [0.717, 1.165) is 6.42 Å². The Morgan fingerprint density at radius 1 is 1.48 bits per heavy atom. The van der Waals surface area contributed by atoms with Gasteiger partial charge in [-0.1, -0.05) is 0 Å². The molecule has 1 aliphatic rings. The fraction of sp³-hybridized carbons (Fsp3) is 0.615. The molecule has 21 heavy (non-hydrogen) atoms. The van der Waals surface area contributed by atoms with Crippen LogP contribution >= 0.6 is 0 Å². The van der Waals surface area contributed by atoms with Gasteiger partial charge >= 0.3 is 5.97 Å². The van der Waals surface area contributed by atoms with Gasteiger partial charge in [0, 0.05) is 6.54 Å². The Bertz CT molecular complexity index is 597. The van der Waals surface area contributed by atoms with E-state index in [-0.39, 0.29) is 25.1 Å². The summed E-state index contributed by atoms with van der Waals surface area (Å²) in [6, 6.07) is 0. The molecule has 1 aromatic rings. The Morgan fingerprint density at radius 3 is 2.76 bits per heavy atom. The minimum atomic E-state index is -1.47. The Balaban J connectivity index is 2.51. The van der Waals surface area contributed by atoms with Crippen LogP contribution in [0, 0.1) is 0 Å². The highest BCUT2D eigenvalue weighted by Crippen LogP contribution is 2.30. The summed E-state index contributed by atoms with van der Waals surface area (Å²) in [4.78, 5) is 27.0. The monoisotopic (exact) mass is 298 g/mol. The first kappa shape index (κ1) is 15.5. The van der Waals surface area contributed by atoms with Gasteiger partial charge in [0.25, 0.3) is 5.56 Å². The van der Waals surface area contributed by atoms with Crippen molar-refractivity contribution < 1.29 is 24.9 Å². The van der Waals surface area contributed by atoms with Gasteiger partial charge in [-0.25, -0.2) is 9.78 Å². The van der Waals surface area contributed by atoms with Crippen LogP contribution in [-0.4, -0.2) is 43.6 Å². The third-order valence-electron chi connectivity index (χ3n) is 3.53. The molecule has 0 saturated carbocycles. The number of carboxylic acids is 1.